The molecule has 0 aliphatic carbocycles. The van der Waals surface area contributed by atoms with Gasteiger partial charge in [-0.25, -0.2) is 4.98 Å². The molecule has 2 heterocycles. The molecule has 0 amide bonds. The number of fused-ring (bicyclic) bond motifs is 1. The van der Waals surface area contributed by atoms with E-state index >= 15 is 0 Å². The van der Waals surface area contributed by atoms with Crippen LogP contribution in [-0.2, 0) is 19.9 Å². The Balaban J connectivity index is 1.91. The number of aldehydes is 1. The van der Waals surface area contributed by atoms with Gasteiger partial charge in [0, 0.05) is 25.5 Å². The van der Waals surface area contributed by atoms with Gasteiger partial charge in [0.15, 0.2) is 0 Å². The van der Waals surface area contributed by atoms with E-state index in [4.69, 9.17) is 4.42 Å². The van der Waals surface area contributed by atoms with Crippen molar-refractivity contribution in [2.75, 3.05) is 0 Å². The number of rotatable bonds is 4. The lowest BCUT2D eigenvalue weighted by Gasteiger charge is -2.00. The fourth-order valence-electron chi connectivity index (χ4n) is 2.25. The molecule has 3 rings (SSSR count). The zero-order valence-electron chi connectivity index (χ0n) is 10.7. The van der Waals surface area contributed by atoms with Gasteiger partial charge in [0.2, 0.25) is 0 Å². The van der Waals surface area contributed by atoms with Crippen LogP contribution in [0.3, 0.4) is 0 Å². The van der Waals surface area contributed by atoms with Crippen LogP contribution in [0.4, 0.5) is 0 Å². The molecule has 19 heavy (non-hydrogen) atoms. The van der Waals surface area contributed by atoms with E-state index in [1.54, 1.807) is 6.26 Å². The van der Waals surface area contributed by atoms with Gasteiger partial charge in [0.1, 0.15) is 17.9 Å². The maximum atomic E-state index is 10.8. The second-order valence-electron chi connectivity index (χ2n) is 4.53. The standard InChI is InChI=1S/C15H14N2O2/c1-17-14-6-4-11(10-18)9-13(14)16-15(17)7-5-12-3-2-8-19-12/h2-4,6,8-10H,5,7H2,1H3. The summed E-state index contributed by atoms with van der Waals surface area (Å²) in [6.45, 7) is 0. The van der Waals surface area contributed by atoms with Gasteiger partial charge in [0.25, 0.3) is 0 Å². The maximum absolute atomic E-state index is 10.8. The summed E-state index contributed by atoms with van der Waals surface area (Å²) >= 11 is 0. The summed E-state index contributed by atoms with van der Waals surface area (Å²) in [6.07, 6.45) is 4.16. The van der Waals surface area contributed by atoms with Crippen LogP contribution in [0.1, 0.15) is 21.9 Å². The summed E-state index contributed by atoms with van der Waals surface area (Å²) in [6, 6.07) is 9.42. The van der Waals surface area contributed by atoms with Crippen molar-refractivity contribution in [3.05, 3.63) is 53.7 Å². The average molecular weight is 254 g/mol. The Kier molecular flexibility index (Phi) is 2.91. The molecule has 0 unspecified atom stereocenters. The molecular formula is C15H14N2O2. The SMILES string of the molecule is Cn1c(CCc2ccco2)nc2cc(C=O)ccc21. The first-order valence-electron chi connectivity index (χ1n) is 6.21. The van der Waals surface area contributed by atoms with Gasteiger partial charge >= 0.3 is 0 Å². The highest BCUT2D eigenvalue weighted by atomic mass is 16.3. The van der Waals surface area contributed by atoms with Crippen molar-refractivity contribution in [2.45, 2.75) is 12.8 Å². The van der Waals surface area contributed by atoms with Gasteiger partial charge < -0.3 is 8.98 Å². The third kappa shape index (κ3) is 2.17. The normalized spacial score (nSPS) is 11.0. The highest BCUT2D eigenvalue weighted by molar-refractivity contribution is 5.85. The lowest BCUT2D eigenvalue weighted by atomic mass is 10.2. The number of aryl methyl sites for hydroxylation is 3. The first-order chi connectivity index (χ1) is 9.28. The van der Waals surface area contributed by atoms with Gasteiger partial charge in [-0.3, -0.25) is 4.79 Å². The van der Waals surface area contributed by atoms with Crippen LogP contribution in [0.15, 0.2) is 41.0 Å². The molecular weight excluding hydrogens is 240 g/mol. The number of imidazole rings is 1. The number of benzene rings is 1. The van der Waals surface area contributed by atoms with E-state index in [1.165, 1.54) is 0 Å². The molecule has 4 heteroatoms. The quantitative estimate of drug-likeness (QED) is 0.673. The molecule has 0 saturated carbocycles. The molecule has 0 aliphatic rings. The van der Waals surface area contributed by atoms with E-state index in [1.807, 2.05) is 37.4 Å². The van der Waals surface area contributed by atoms with Crippen LogP contribution in [0.2, 0.25) is 0 Å². The maximum Gasteiger partial charge on any atom is 0.150 e. The van der Waals surface area contributed by atoms with E-state index in [0.29, 0.717) is 5.56 Å². The smallest absolute Gasteiger partial charge is 0.150 e. The number of hydrogen-bond donors (Lipinski definition) is 0. The molecule has 3 aromatic rings. The molecule has 0 saturated heterocycles. The predicted octanol–water partition coefficient (Wildman–Crippen LogP) is 2.76. The van der Waals surface area contributed by atoms with Crippen molar-refractivity contribution >= 4 is 17.3 Å². The number of nitrogens with zero attached hydrogens (tertiary/aromatic N) is 2. The van der Waals surface area contributed by atoms with Crippen LogP contribution in [0.5, 0.6) is 0 Å². The summed E-state index contributed by atoms with van der Waals surface area (Å²) < 4.78 is 7.38. The molecule has 96 valence electrons. The van der Waals surface area contributed by atoms with Crippen molar-refractivity contribution in [3.8, 4) is 0 Å². The Morgan fingerprint density at radius 1 is 1.32 bits per heavy atom. The second-order valence-corrected chi connectivity index (χ2v) is 4.53. The highest BCUT2D eigenvalue weighted by Gasteiger charge is 2.09. The summed E-state index contributed by atoms with van der Waals surface area (Å²) in [7, 11) is 1.99. The molecule has 1 aromatic carbocycles. The zero-order chi connectivity index (χ0) is 13.2. The number of hydrogen-bond acceptors (Lipinski definition) is 3. The van der Waals surface area contributed by atoms with Crippen LogP contribution in [0.25, 0.3) is 11.0 Å². The molecule has 0 aliphatic heterocycles. The van der Waals surface area contributed by atoms with Crippen molar-refractivity contribution in [3.63, 3.8) is 0 Å². The van der Waals surface area contributed by atoms with Crippen molar-refractivity contribution < 1.29 is 9.21 Å². The Bertz CT molecular complexity index is 711. The minimum Gasteiger partial charge on any atom is -0.469 e. The number of carbonyl (C=O) groups is 1. The summed E-state index contributed by atoms with van der Waals surface area (Å²) in [5, 5.41) is 0. The lowest BCUT2D eigenvalue weighted by molar-refractivity contribution is 0.112. The summed E-state index contributed by atoms with van der Waals surface area (Å²) in [5.41, 5.74) is 2.56. The van der Waals surface area contributed by atoms with E-state index in [9.17, 15) is 4.79 Å². The second kappa shape index (κ2) is 4.72. The van der Waals surface area contributed by atoms with Crippen molar-refractivity contribution in [2.24, 2.45) is 7.05 Å². The van der Waals surface area contributed by atoms with Gasteiger partial charge in [-0.2, -0.15) is 0 Å². The Labute approximate surface area is 110 Å². The van der Waals surface area contributed by atoms with E-state index < -0.39 is 0 Å². The van der Waals surface area contributed by atoms with Gasteiger partial charge in [0.05, 0.1) is 17.3 Å². The van der Waals surface area contributed by atoms with E-state index in [0.717, 1.165) is 41.7 Å². The number of aromatic nitrogens is 2. The van der Waals surface area contributed by atoms with Crippen LogP contribution in [-0.4, -0.2) is 15.8 Å². The predicted molar refractivity (Wildman–Crippen MR) is 72.2 cm³/mol. The van der Waals surface area contributed by atoms with Crippen molar-refractivity contribution in [1.82, 2.24) is 9.55 Å². The van der Waals surface area contributed by atoms with Crippen LogP contribution >= 0.6 is 0 Å². The lowest BCUT2D eigenvalue weighted by Crippen LogP contribution is -1.99. The molecule has 0 fully saturated rings. The monoisotopic (exact) mass is 254 g/mol. The minimum absolute atomic E-state index is 0.656. The first-order valence-corrected chi connectivity index (χ1v) is 6.21. The molecule has 0 spiro atoms. The molecule has 0 radical (unpaired) electrons. The van der Waals surface area contributed by atoms with Crippen LogP contribution < -0.4 is 0 Å². The number of carbonyl (C=O) groups excluding carboxylic acids is 1. The van der Waals surface area contributed by atoms with Gasteiger partial charge in [-0.15, -0.1) is 0 Å². The molecule has 0 atom stereocenters. The molecule has 0 bridgehead atoms. The van der Waals surface area contributed by atoms with E-state index in [-0.39, 0.29) is 0 Å². The molecule has 2 aromatic heterocycles. The summed E-state index contributed by atoms with van der Waals surface area (Å²) in [5.74, 6) is 1.95. The Morgan fingerprint density at radius 3 is 2.95 bits per heavy atom. The minimum atomic E-state index is 0.656. The largest absolute Gasteiger partial charge is 0.469 e. The topological polar surface area (TPSA) is 48.0 Å². The van der Waals surface area contributed by atoms with Gasteiger partial charge in [-0.05, 0) is 30.3 Å². The third-order valence-corrected chi connectivity index (χ3v) is 3.31. The zero-order valence-corrected chi connectivity index (χ0v) is 10.7. The van der Waals surface area contributed by atoms with E-state index in [2.05, 4.69) is 9.55 Å². The first kappa shape index (κ1) is 11.7. The van der Waals surface area contributed by atoms with Gasteiger partial charge in [-0.1, -0.05) is 0 Å². The highest BCUT2D eigenvalue weighted by Crippen LogP contribution is 2.17. The Hall–Kier alpha value is -2.36. The summed E-state index contributed by atoms with van der Waals surface area (Å²) in [4.78, 5) is 15.4. The fourth-order valence-corrected chi connectivity index (χ4v) is 2.25. The third-order valence-electron chi connectivity index (χ3n) is 3.31. The van der Waals surface area contributed by atoms with Crippen LogP contribution in [0, 0.1) is 0 Å². The molecule has 4 nitrogen and oxygen atoms in total. The number of furan rings is 1. The Morgan fingerprint density at radius 2 is 2.21 bits per heavy atom. The molecule has 0 N–H and O–H groups in total. The van der Waals surface area contributed by atoms with Crippen molar-refractivity contribution in [1.29, 1.82) is 0 Å². The fraction of sp³-hybridized carbons (Fsp3) is 0.200. The average Bonchev–Trinajstić information content (AvgIpc) is 3.04.